The van der Waals surface area contributed by atoms with Crippen LogP contribution in [0.2, 0.25) is 0 Å². The molecule has 1 aliphatic heterocycles. The van der Waals surface area contributed by atoms with E-state index in [1.54, 1.807) is 18.7 Å². The largest absolute Gasteiger partial charge is 0.483 e. The lowest BCUT2D eigenvalue weighted by molar-refractivity contribution is -0.163. The van der Waals surface area contributed by atoms with Gasteiger partial charge in [-0.15, -0.1) is 0 Å². The minimum Gasteiger partial charge on any atom is -0.483 e. The van der Waals surface area contributed by atoms with Crippen molar-refractivity contribution in [3.05, 3.63) is 101 Å². The Bertz CT molecular complexity index is 1850. The van der Waals surface area contributed by atoms with Gasteiger partial charge in [-0.2, -0.15) is 0 Å². The number of carbonyl (C=O) groups excluding carboxylic acids is 4. The third kappa shape index (κ3) is 14.3. The zero-order valence-electron chi connectivity index (χ0n) is 34.3. The maximum absolute atomic E-state index is 14.3. The molecule has 1 fully saturated rings. The number of hydrogen-bond acceptors (Lipinski definition) is 8. The van der Waals surface area contributed by atoms with Gasteiger partial charge in [0.15, 0.2) is 6.61 Å². The fourth-order valence-corrected chi connectivity index (χ4v) is 7.38. The van der Waals surface area contributed by atoms with E-state index in [0.29, 0.717) is 31.7 Å². The summed E-state index contributed by atoms with van der Waals surface area (Å²) in [6.45, 7) is 10.9. The molecular formula is C43H59N4O10P. The average molecular weight is 823 g/mol. The van der Waals surface area contributed by atoms with E-state index < -0.39 is 56.0 Å². The SMILES string of the molecule is Cc1cccc(C)c1OCC(=O)N[C@@H](Cc1ccccc1)[C@H](C[C@@H](Cc1ccccc1)NC(=O)[C@H](C(C)C)N1CCCNC1=O)OC(=O)C(C)(C)CCOP(=O)(O)O. The number of amides is 4. The second-order valence-corrected chi connectivity index (χ2v) is 17.1. The van der Waals surface area contributed by atoms with Crippen molar-refractivity contribution in [1.29, 1.82) is 0 Å². The first-order chi connectivity index (χ1) is 27.4. The van der Waals surface area contributed by atoms with Crippen molar-refractivity contribution in [3.8, 4) is 5.75 Å². The minimum atomic E-state index is -4.79. The highest BCUT2D eigenvalue weighted by Gasteiger charge is 2.39. The number of phosphoric acid groups is 1. The summed E-state index contributed by atoms with van der Waals surface area (Å²) >= 11 is 0. The van der Waals surface area contributed by atoms with E-state index in [4.69, 9.17) is 9.47 Å². The Hall–Kier alpha value is -4.75. The molecule has 58 heavy (non-hydrogen) atoms. The molecule has 3 aromatic rings. The number of hydrogen-bond donors (Lipinski definition) is 5. The second kappa shape index (κ2) is 21.3. The highest BCUT2D eigenvalue weighted by Crippen LogP contribution is 2.37. The first-order valence-electron chi connectivity index (χ1n) is 19.8. The standard InChI is InChI=1S/C43H59N4O10P/c1-29(2)38(47-23-14-22-44-42(47)51)40(49)45-34(25-32-17-9-7-10-18-32)27-36(57-41(50)43(5,6)21-24-56-58(52,53)54)35(26-33-19-11-8-12-20-33)46-37(48)28-55-39-30(3)15-13-16-31(39)4/h7-13,15-20,29,34-36,38H,14,21-28H2,1-6H3,(H,44,51)(H,45,49)(H,46,48)(H2,52,53,54)/t34-,35+,36+,38+/m1/s1. The Morgan fingerprint density at radius 2 is 1.50 bits per heavy atom. The molecule has 15 heteroatoms. The van der Waals surface area contributed by atoms with Crippen molar-refractivity contribution >= 4 is 31.6 Å². The van der Waals surface area contributed by atoms with E-state index in [1.807, 2.05) is 107 Å². The van der Waals surface area contributed by atoms with Gasteiger partial charge in [-0.1, -0.05) is 92.7 Å². The van der Waals surface area contributed by atoms with Crippen LogP contribution in [0.25, 0.3) is 0 Å². The highest BCUT2D eigenvalue weighted by atomic mass is 31.2. The van der Waals surface area contributed by atoms with Gasteiger partial charge in [0.25, 0.3) is 5.91 Å². The van der Waals surface area contributed by atoms with Crippen molar-refractivity contribution in [2.75, 3.05) is 26.3 Å². The van der Waals surface area contributed by atoms with Gasteiger partial charge in [-0.25, -0.2) is 9.36 Å². The second-order valence-electron chi connectivity index (χ2n) is 15.9. The maximum Gasteiger partial charge on any atom is 0.469 e. The van der Waals surface area contributed by atoms with Crippen LogP contribution in [0.15, 0.2) is 78.9 Å². The van der Waals surface area contributed by atoms with Crippen molar-refractivity contribution in [3.63, 3.8) is 0 Å². The summed E-state index contributed by atoms with van der Waals surface area (Å²) in [7, 11) is -4.79. The molecule has 0 bridgehead atoms. The van der Waals surface area contributed by atoms with E-state index in [2.05, 4.69) is 20.5 Å². The van der Waals surface area contributed by atoms with Crippen LogP contribution in [0.4, 0.5) is 4.79 Å². The van der Waals surface area contributed by atoms with Crippen LogP contribution in [0.3, 0.4) is 0 Å². The molecule has 0 spiro atoms. The number of urea groups is 1. The summed E-state index contributed by atoms with van der Waals surface area (Å²) < 4.78 is 28.4. The fourth-order valence-electron chi connectivity index (χ4n) is 7.05. The topological polar surface area (TPSA) is 193 Å². The van der Waals surface area contributed by atoms with Gasteiger partial charge in [-0.3, -0.25) is 18.9 Å². The zero-order valence-corrected chi connectivity index (χ0v) is 35.2. The number of nitrogens with zero attached hydrogens (tertiary/aromatic N) is 1. The molecular weight excluding hydrogens is 763 g/mol. The third-order valence-electron chi connectivity index (χ3n) is 10.2. The number of esters is 1. The van der Waals surface area contributed by atoms with Crippen molar-refractivity contribution in [2.24, 2.45) is 11.3 Å². The number of nitrogens with one attached hydrogen (secondary N) is 3. The number of ether oxygens (including phenoxy) is 2. The maximum atomic E-state index is 14.3. The van der Waals surface area contributed by atoms with Crippen LogP contribution in [-0.2, 0) is 41.1 Å². The first kappa shape index (κ1) is 45.9. The van der Waals surface area contributed by atoms with Gasteiger partial charge in [-0.05, 0) is 81.5 Å². The molecule has 4 amide bonds. The Labute approximate surface area is 341 Å². The van der Waals surface area contributed by atoms with E-state index in [-0.39, 0.29) is 43.7 Å². The van der Waals surface area contributed by atoms with Crippen LogP contribution in [0.5, 0.6) is 5.75 Å². The Morgan fingerprint density at radius 3 is 2.07 bits per heavy atom. The summed E-state index contributed by atoms with van der Waals surface area (Å²) in [5.41, 5.74) is 2.20. The molecule has 0 aliphatic carbocycles. The molecule has 14 nitrogen and oxygen atoms in total. The lowest BCUT2D eigenvalue weighted by Crippen LogP contribution is -2.59. The smallest absolute Gasteiger partial charge is 0.469 e. The lowest BCUT2D eigenvalue weighted by atomic mass is 9.89. The molecule has 3 aromatic carbocycles. The van der Waals surface area contributed by atoms with Gasteiger partial charge < -0.3 is 40.1 Å². The van der Waals surface area contributed by atoms with E-state index in [1.165, 1.54) is 0 Å². The minimum absolute atomic E-state index is 0.0496. The molecule has 4 rings (SSSR count). The highest BCUT2D eigenvalue weighted by molar-refractivity contribution is 7.46. The first-order valence-corrected chi connectivity index (χ1v) is 21.3. The average Bonchev–Trinajstić information content (AvgIpc) is 3.15. The third-order valence-corrected chi connectivity index (χ3v) is 10.7. The number of carbonyl (C=O) groups is 4. The van der Waals surface area contributed by atoms with E-state index in [0.717, 1.165) is 22.3 Å². The van der Waals surface area contributed by atoms with E-state index in [9.17, 15) is 33.5 Å². The molecule has 4 atom stereocenters. The van der Waals surface area contributed by atoms with Gasteiger partial charge in [0.1, 0.15) is 17.9 Å². The van der Waals surface area contributed by atoms with Gasteiger partial charge in [0.2, 0.25) is 5.91 Å². The molecule has 1 aliphatic rings. The molecule has 0 unspecified atom stereocenters. The molecule has 0 saturated carbocycles. The van der Waals surface area contributed by atoms with Gasteiger partial charge >= 0.3 is 19.8 Å². The predicted molar refractivity (Wildman–Crippen MR) is 220 cm³/mol. The van der Waals surface area contributed by atoms with Gasteiger partial charge in [0.05, 0.1) is 18.1 Å². The molecule has 0 radical (unpaired) electrons. The van der Waals surface area contributed by atoms with Crippen LogP contribution < -0.4 is 20.7 Å². The normalized spacial score (nSPS) is 15.5. The number of benzene rings is 3. The molecule has 1 saturated heterocycles. The van der Waals surface area contributed by atoms with Crippen LogP contribution in [0.1, 0.15) is 69.2 Å². The molecule has 0 aromatic heterocycles. The molecule has 316 valence electrons. The summed E-state index contributed by atoms with van der Waals surface area (Å²) in [4.78, 5) is 75.3. The predicted octanol–water partition coefficient (Wildman–Crippen LogP) is 5.40. The summed E-state index contributed by atoms with van der Waals surface area (Å²) in [5, 5.41) is 9.10. The molecule has 1 heterocycles. The number of para-hydroxylation sites is 1. The Balaban J connectivity index is 1.72. The fraction of sp³-hybridized carbons (Fsp3) is 0.488. The van der Waals surface area contributed by atoms with Gasteiger partial charge in [0, 0.05) is 25.6 Å². The van der Waals surface area contributed by atoms with Crippen molar-refractivity contribution in [1.82, 2.24) is 20.9 Å². The van der Waals surface area contributed by atoms with Crippen molar-refractivity contribution in [2.45, 2.75) is 97.9 Å². The van der Waals surface area contributed by atoms with E-state index >= 15 is 0 Å². The quantitative estimate of drug-likeness (QED) is 0.0686. The number of phosphoric ester groups is 1. The Kier molecular flexibility index (Phi) is 16.9. The van der Waals surface area contributed by atoms with Crippen LogP contribution in [0, 0.1) is 25.2 Å². The summed E-state index contributed by atoms with van der Waals surface area (Å²) in [6, 6.07) is 22.0. The summed E-state index contributed by atoms with van der Waals surface area (Å²) in [6.07, 6.45) is 0.193. The Morgan fingerprint density at radius 1 is 0.897 bits per heavy atom. The number of rotatable bonds is 21. The van der Waals surface area contributed by atoms with Crippen LogP contribution >= 0.6 is 7.82 Å². The summed E-state index contributed by atoms with van der Waals surface area (Å²) in [5.74, 6) is -1.15. The number of aryl methyl sites for hydroxylation is 2. The monoisotopic (exact) mass is 822 g/mol. The lowest BCUT2D eigenvalue weighted by Gasteiger charge is -2.38. The van der Waals surface area contributed by atoms with Crippen LogP contribution in [-0.4, -0.2) is 89.0 Å². The molecule has 5 N–H and O–H groups in total. The van der Waals surface area contributed by atoms with Crippen molar-refractivity contribution < 1.29 is 47.5 Å². The zero-order chi connectivity index (χ0) is 42.5.